The Hall–Kier alpha value is -1.44. The average Bonchev–Trinajstić information content (AvgIpc) is 2.45. The molecule has 19 heavy (non-hydrogen) atoms. The molecule has 0 aliphatic heterocycles. The molecule has 0 saturated heterocycles. The summed E-state index contributed by atoms with van der Waals surface area (Å²) < 4.78 is 6.36. The second-order valence-corrected chi connectivity index (χ2v) is 5.79. The summed E-state index contributed by atoms with van der Waals surface area (Å²) in [5.41, 5.74) is 1.76. The fourth-order valence-electron chi connectivity index (χ4n) is 1.67. The first-order valence-corrected chi connectivity index (χ1v) is 7.47. The minimum absolute atomic E-state index is 0.726. The van der Waals surface area contributed by atoms with Crippen molar-refractivity contribution >= 4 is 27.7 Å². The maximum atomic E-state index is 9.07. The minimum atomic E-state index is 0.726. The molecule has 96 valence electrons. The van der Waals surface area contributed by atoms with E-state index in [0.29, 0.717) is 0 Å². The van der Waals surface area contributed by atoms with Crippen molar-refractivity contribution in [3.63, 3.8) is 0 Å². The Morgan fingerprint density at radius 3 is 2.79 bits per heavy atom. The van der Waals surface area contributed by atoms with Crippen molar-refractivity contribution in [1.29, 1.82) is 5.26 Å². The number of rotatable bonds is 4. The highest BCUT2D eigenvalue weighted by Gasteiger charge is 2.07. The molecule has 0 aliphatic rings. The number of nitrogens with zero attached hydrogens (tertiary/aromatic N) is 1. The highest BCUT2D eigenvalue weighted by atomic mass is 79.9. The van der Waals surface area contributed by atoms with Crippen LogP contribution in [0.5, 0.6) is 5.75 Å². The van der Waals surface area contributed by atoms with E-state index < -0.39 is 0 Å². The number of thioether (sulfide) groups is 1. The van der Waals surface area contributed by atoms with E-state index in [2.05, 4.69) is 22.0 Å². The molecule has 2 rings (SSSR count). The van der Waals surface area contributed by atoms with Crippen LogP contribution in [-0.4, -0.2) is 7.11 Å². The number of methoxy groups -OCH3 is 1. The average molecular weight is 334 g/mol. The quantitative estimate of drug-likeness (QED) is 0.765. The van der Waals surface area contributed by atoms with Crippen molar-refractivity contribution in [1.82, 2.24) is 0 Å². The molecule has 0 heterocycles. The van der Waals surface area contributed by atoms with Crippen LogP contribution in [0.15, 0.2) is 51.8 Å². The monoisotopic (exact) mass is 333 g/mol. The summed E-state index contributed by atoms with van der Waals surface area (Å²) in [6.45, 7) is 0. The molecule has 0 atom stereocenters. The second kappa shape index (κ2) is 6.65. The van der Waals surface area contributed by atoms with Gasteiger partial charge >= 0.3 is 0 Å². The van der Waals surface area contributed by atoms with Crippen molar-refractivity contribution in [3.05, 3.63) is 58.1 Å². The molecule has 0 bridgehead atoms. The van der Waals surface area contributed by atoms with Crippen LogP contribution in [0.1, 0.15) is 11.1 Å². The maximum absolute atomic E-state index is 9.07. The lowest BCUT2D eigenvalue weighted by Gasteiger charge is -2.09. The van der Waals surface area contributed by atoms with E-state index in [1.807, 2.05) is 42.5 Å². The van der Waals surface area contributed by atoms with E-state index in [1.54, 1.807) is 18.9 Å². The third-order valence-corrected chi connectivity index (χ3v) is 4.23. The smallest absolute Gasteiger partial charge is 0.132 e. The highest BCUT2D eigenvalue weighted by Crippen LogP contribution is 2.34. The van der Waals surface area contributed by atoms with Crippen molar-refractivity contribution < 1.29 is 4.74 Å². The van der Waals surface area contributed by atoms with Crippen LogP contribution in [0.2, 0.25) is 0 Å². The Kier molecular flexibility index (Phi) is 4.89. The number of nitriles is 1. The summed E-state index contributed by atoms with van der Waals surface area (Å²) in [5, 5.41) is 9.07. The van der Waals surface area contributed by atoms with Gasteiger partial charge in [-0.1, -0.05) is 34.1 Å². The van der Waals surface area contributed by atoms with Gasteiger partial charge in [-0.25, -0.2) is 0 Å². The van der Waals surface area contributed by atoms with Crippen LogP contribution in [0, 0.1) is 11.3 Å². The zero-order valence-corrected chi connectivity index (χ0v) is 12.8. The molecule has 2 nitrogen and oxygen atoms in total. The molecule has 4 heteroatoms. The number of ether oxygens (including phenoxy) is 1. The van der Waals surface area contributed by atoms with Gasteiger partial charge in [-0.05, 0) is 29.8 Å². The van der Waals surface area contributed by atoms with Crippen LogP contribution in [0.3, 0.4) is 0 Å². The molecule has 0 N–H and O–H groups in total. The predicted octanol–water partition coefficient (Wildman–Crippen LogP) is 4.62. The van der Waals surface area contributed by atoms with E-state index >= 15 is 0 Å². The molecule has 0 radical (unpaired) electrons. The molecular formula is C15H12BrNOS. The molecule has 2 aromatic carbocycles. The van der Waals surface area contributed by atoms with Gasteiger partial charge in [0.2, 0.25) is 0 Å². The molecule has 0 fully saturated rings. The zero-order valence-electron chi connectivity index (χ0n) is 10.4. The number of benzene rings is 2. The predicted molar refractivity (Wildman–Crippen MR) is 81.4 cm³/mol. The SMILES string of the molecule is COc1ccc(Br)cc1SCc1ccccc1C#N. The van der Waals surface area contributed by atoms with E-state index in [1.165, 1.54) is 0 Å². The van der Waals surface area contributed by atoms with Gasteiger partial charge < -0.3 is 4.74 Å². The first-order chi connectivity index (χ1) is 9.24. The Balaban J connectivity index is 2.19. The Bertz CT molecular complexity index is 622. The molecule has 2 aromatic rings. The van der Waals surface area contributed by atoms with Crippen LogP contribution in [-0.2, 0) is 5.75 Å². The third-order valence-electron chi connectivity index (χ3n) is 2.65. The first kappa shape index (κ1) is 14.0. The molecule has 0 saturated carbocycles. The van der Waals surface area contributed by atoms with Gasteiger partial charge in [0.15, 0.2) is 0 Å². The Labute approximate surface area is 125 Å². The number of hydrogen-bond acceptors (Lipinski definition) is 3. The Morgan fingerprint density at radius 1 is 1.26 bits per heavy atom. The standard InChI is InChI=1S/C15H12BrNOS/c1-18-14-7-6-13(16)8-15(14)19-10-12-5-3-2-4-11(12)9-17/h2-8H,10H2,1H3. The first-order valence-electron chi connectivity index (χ1n) is 5.69. The van der Waals surface area contributed by atoms with E-state index in [9.17, 15) is 0 Å². The number of halogens is 1. The normalized spacial score (nSPS) is 9.95. The van der Waals surface area contributed by atoms with Crippen molar-refractivity contribution in [2.24, 2.45) is 0 Å². The van der Waals surface area contributed by atoms with Crippen molar-refractivity contribution in [3.8, 4) is 11.8 Å². The van der Waals surface area contributed by atoms with Gasteiger partial charge in [0, 0.05) is 10.2 Å². The van der Waals surface area contributed by atoms with Crippen LogP contribution in [0.4, 0.5) is 0 Å². The van der Waals surface area contributed by atoms with Gasteiger partial charge in [0.05, 0.1) is 23.6 Å². The Morgan fingerprint density at radius 2 is 2.05 bits per heavy atom. The summed E-state index contributed by atoms with van der Waals surface area (Å²) >= 11 is 5.12. The molecule has 0 aliphatic carbocycles. The second-order valence-electron chi connectivity index (χ2n) is 3.85. The lowest BCUT2D eigenvalue weighted by atomic mass is 10.1. The van der Waals surface area contributed by atoms with Gasteiger partial charge in [-0.3, -0.25) is 0 Å². The largest absolute Gasteiger partial charge is 0.496 e. The summed E-state index contributed by atoms with van der Waals surface area (Å²) in [6.07, 6.45) is 0. The molecular weight excluding hydrogens is 322 g/mol. The topological polar surface area (TPSA) is 33.0 Å². The van der Waals surface area contributed by atoms with Crippen LogP contribution < -0.4 is 4.74 Å². The van der Waals surface area contributed by atoms with Crippen LogP contribution >= 0.6 is 27.7 Å². The van der Waals surface area contributed by atoms with Gasteiger partial charge in [0.1, 0.15) is 5.75 Å². The van der Waals surface area contributed by atoms with Gasteiger partial charge in [-0.2, -0.15) is 5.26 Å². The summed E-state index contributed by atoms with van der Waals surface area (Å²) in [6, 6.07) is 15.8. The maximum Gasteiger partial charge on any atom is 0.132 e. The van der Waals surface area contributed by atoms with E-state index in [0.717, 1.165) is 32.0 Å². The zero-order chi connectivity index (χ0) is 13.7. The van der Waals surface area contributed by atoms with E-state index in [-0.39, 0.29) is 0 Å². The van der Waals surface area contributed by atoms with Crippen LogP contribution in [0.25, 0.3) is 0 Å². The minimum Gasteiger partial charge on any atom is -0.496 e. The van der Waals surface area contributed by atoms with Gasteiger partial charge in [-0.15, -0.1) is 11.8 Å². The third kappa shape index (κ3) is 3.52. The molecule has 0 spiro atoms. The van der Waals surface area contributed by atoms with E-state index in [4.69, 9.17) is 10.00 Å². The lowest BCUT2D eigenvalue weighted by Crippen LogP contribution is -1.89. The summed E-state index contributed by atoms with van der Waals surface area (Å²) in [4.78, 5) is 1.06. The summed E-state index contributed by atoms with van der Waals surface area (Å²) in [5.74, 6) is 1.60. The molecule has 0 aromatic heterocycles. The van der Waals surface area contributed by atoms with Gasteiger partial charge in [0.25, 0.3) is 0 Å². The van der Waals surface area contributed by atoms with Crippen molar-refractivity contribution in [2.45, 2.75) is 10.6 Å². The highest BCUT2D eigenvalue weighted by molar-refractivity contribution is 9.10. The fraction of sp³-hybridized carbons (Fsp3) is 0.133. The van der Waals surface area contributed by atoms with Crippen molar-refractivity contribution in [2.75, 3.05) is 7.11 Å². The summed E-state index contributed by atoms with van der Waals surface area (Å²) in [7, 11) is 1.66. The lowest BCUT2D eigenvalue weighted by molar-refractivity contribution is 0.404. The molecule has 0 amide bonds. The fourth-order valence-corrected chi connectivity index (χ4v) is 3.25. The molecule has 0 unspecified atom stereocenters. The number of hydrogen-bond donors (Lipinski definition) is 0.